The molecule has 1 aromatic heterocycles. The fraction of sp³-hybridized carbons (Fsp3) is 0.538. The number of nitrogens with two attached hydrogens (primary N) is 1. The third-order valence-corrected chi connectivity index (χ3v) is 4.51. The molecule has 3 N–H and O–H groups in total. The zero-order valence-corrected chi connectivity index (χ0v) is 11.4. The van der Waals surface area contributed by atoms with E-state index < -0.39 is 0 Å². The second kappa shape index (κ2) is 6.09. The molecule has 2 unspecified atom stereocenters. The van der Waals surface area contributed by atoms with Gasteiger partial charge in [0.15, 0.2) is 0 Å². The standard InChI is InChI=1S/C13H19N3OS/c1-18-12-5-3-2-4-10(12)16-13(17)11-8-9(14)6-7-15-11/h6-8,10,12H,2-5H2,1H3,(H2,14,15)(H,16,17). The molecule has 2 atom stereocenters. The van der Waals surface area contributed by atoms with E-state index in [2.05, 4.69) is 16.6 Å². The molecule has 1 aliphatic rings. The van der Waals surface area contributed by atoms with Gasteiger partial charge in [-0.1, -0.05) is 12.8 Å². The lowest BCUT2D eigenvalue weighted by molar-refractivity contribution is 0.0924. The number of carbonyl (C=O) groups is 1. The molecule has 1 fully saturated rings. The Bertz CT molecular complexity index is 424. The van der Waals surface area contributed by atoms with Crippen LogP contribution in [0.25, 0.3) is 0 Å². The number of anilines is 1. The maximum absolute atomic E-state index is 12.1. The van der Waals surface area contributed by atoms with Crippen LogP contribution in [-0.4, -0.2) is 28.4 Å². The van der Waals surface area contributed by atoms with E-state index in [1.54, 1.807) is 18.3 Å². The number of aromatic nitrogens is 1. The smallest absolute Gasteiger partial charge is 0.270 e. The third-order valence-electron chi connectivity index (χ3n) is 3.34. The van der Waals surface area contributed by atoms with Crippen LogP contribution in [-0.2, 0) is 0 Å². The van der Waals surface area contributed by atoms with E-state index in [-0.39, 0.29) is 11.9 Å². The summed E-state index contributed by atoms with van der Waals surface area (Å²) >= 11 is 1.83. The molecule has 1 saturated carbocycles. The second-order valence-electron chi connectivity index (χ2n) is 4.61. The first-order valence-corrected chi connectivity index (χ1v) is 7.54. The SMILES string of the molecule is CSC1CCCCC1NC(=O)c1cc(N)ccn1. The van der Waals surface area contributed by atoms with Gasteiger partial charge >= 0.3 is 0 Å². The molecule has 1 amide bonds. The first-order valence-electron chi connectivity index (χ1n) is 6.26. The third kappa shape index (κ3) is 3.16. The summed E-state index contributed by atoms with van der Waals surface area (Å²) in [7, 11) is 0. The summed E-state index contributed by atoms with van der Waals surface area (Å²) in [6, 6.07) is 3.55. The van der Waals surface area contributed by atoms with Crippen LogP contribution in [0.4, 0.5) is 5.69 Å². The van der Waals surface area contributed by atoms with Gasteiger partial charge in [0.05, 0.1) is 0 Å². The lowest BCUT2D eigenvalue weighted by atomic mass is 9.94. The van der Waals surface area contributed by atoms with Gasteiger partial charge in [0.25, 0.3) is 5.91 Å². The number of pyridine rings is 1. The molecule has 0 aliphatic heterocycles. The lowest BCUT2D eigenvalue weighted by Crippen LogP contribution is -2.43. The maximum Gasteiger partial charge on any atom is 0.270 e. The molecule has 4 nitrogen and oxygen atoms in total. The van der Waals surface area contributed by atoms with Crippen molar-refractivity contribution in [1.82, 2.24) is 10.3 Å². The van der Waals surface area contributed by atoms with Crippen molar-refractivity contribution < 1.29 is 4.79 Å². The number of carbonyl (C=O) groups excluding carboxylic acids is 1. The predicted octanol–water partition coefficient (Wildman–Crippen LogP) is 2.07. The Morgan fingerprint density at radius 3 is 3.00 bits per heavy atom. The minimum absolute atomic E-state index is 0.117. The Kier molecular flexibility index (Phi) is 4.47. The van der Waals surface area contributed by atoms with Gasteiger partial charge in [0.2, 0.25) is 0 Å². The molecule has 1 heterocycles. The van der Waals surface area contributed by atoms with Crippen molar-refractivity contribution in [2.45, 2.75) is 37.0 Å². The lowest BCUT2D eigenvalue weighted by Gasteiger charge is -2.30. The largest absolute Gasteiger partial charge is 0.399 e. The summed E-state index contributed by atoms with van der Waals surface area (Å²) in [4.78, 5) is 16.1. The van der Waals surface area contributed by atoms with Crippen molar-refractivity contribution in [3.8, 4) is 0 Å². The summed E-state index contributed by atoms with van der Waals surface area (Å²) < 4.78 is 0. The molecular formula is C13H19N3OS. The average Bonchev–Trinajstić information content (AvgIpc) is 2.39. The highest BCUT2D eigenvalue weighted by Crippen LogP contribution is 2.27. The Hall–Kier alpha value is -1.23. The number of hydrogen-bond acceptors (Lipinski definition) is 4. The van der Waals surface area contributed by atoms with Gasteiger partial charge in [-0.2, -0.15) is 11.8 Å². The van der Waals surface area contributed by atoms with Gasteiger partial charge in [-0.15, -0.1) is 0 Å². The van der Waals surface area contributed by atoms with E-state index in [0.29, 0.717) is 16.6 Å². The zero-order valence-electron chi connectivity index (χ0n) is 10.6. The van der Waals surface area contributed by atoms with Crippen LogP contribution in [0.5, 0.6) is 0 Å². The summed E-state index contributed by atoms with van der Waals surface area (Å²) in [6.07, 6.45) is 8.35. The number of thioether (sulfide) groups is 1. The number of amides is 1. The fourth-order valence-corrected chi connectivity index (χ4v) is 3.29. The molecule has 18 heavy (non-hydrogen) atoms. The van der Waals surface area contributed by atoms with Gasteiger partial charge in [-0.3, -0.25) is 9.78 Å². The maximum atomic E-state index is 12.1. The summed E-state index contributed by atoms with van der Waals surface area (Å²) in [5.41, 5.74) is 6.63. The van der Waals surface area contributed by atoms with Crippen molar-refractivity contribution in [3.63, 3.8) is 0 Å². The van der Waals surface area contributed by atoms with E-state index in [0.717, 1.165) is 6.42 Å². The number of nitrogens with one attached hydrogen (secondary N) is 1. The highest BCUT2D eigenvalue weighted by Gasteiger charge is 2.26. The molecule has 0 radical (unpaired) electrons. The molecular weight excluding hydrogens is 246 g/mol. The van der Waals surface area contributed by atoms with Crippen molar-refractivity contribution in [1.29, 1.82) is 0 Å². The predicted molar refractivity (Wildman–Crippen MR) is 75.7 cm³/mol. The number of hydrogen-bond donors (Lipinski definition) is 2. The van der Waals surface area contributed by atoms with Crippen LogP contribution >= 0.6 is 11.8 Å². The second-order valence-corrected chi connectivity index (χ2v) is 5.69. The van der Waals surface area contributed by atoms with E-state index in [9.17, 15) is 4.79 Å². The van der Waals surface area contributed by atoms with Crippen molar-refractivity contribution in [2.24, 2.45) is 0 Å². The highest BCUT2D eigenvalue weighted by molar-refractivity contribution is 7.99. The van der Waals surface area contributed by atoms with E-state index >= 15 is 0 Å². The van der Waals surface area contributed by atoms with E-state index in [4.69, 9.17) is 5.73 Å². The monoisotopic (exact) mass is 265 g/mol. The summed E-state index contributed by atoms with van der Waals surface area (Å²) in [5.74, 6) is -0.117. The molecule has 98 valence electrons. The molecule has 0 bridgehead atoms. The van der Waals surface area contributed by atoms with Crippen molar-refractivity contribution in [3.05, 3.63) is 24.0 Å². The van der Waals surface area contributed by atoms with Gasteiger partial charge in [0.1, 0.15) is 5.69 Å². The fourth-order valence-electron chi connectivity index (χ4n) is 2.36. The molecule has 0 saturated heterocycles. The minimum Gasteiger partial charge on any atom is -0.399 e. The molecule has 1 aliphatic carbocycles. The Morgan fingerprint density at radius 2 is 2.28 bits per heavy atom. The first-order chi connectivity index (χ1) is 8.70. The molecule has 0 spiro atoms. The van der Waals surface area contributed by atoms with Crippen molar-refractivity contribution in [2.75, 3.05) is 12.0 Å². The van der Waals surface area contributed by atoms with Crippen LogP contribution in [0.1, 0.15) is 36.2 Å². The number of rotatable bonds is 3. The highest BCUT2D eigenvalue weighted by atomic mass is 32.2. The van der Waals surface area contributed by atoms with Crippen LogP contribution in [0.2, 0.25) is 0 Å². The van der Waals surface area contributed by atoms with Gasteiger partial charge in [-0.05, 0) is 31.2 Å². The summed E-state index contributed by atoms with van der Waals surface area (Å²) in [5, 5.41) is 3.60. The normalized spacial score (nSPS) is 23.6. The number of nitrogens with zero attached hydrogens (tertiary/aromatic N) is 1. The zero-order chi connectivity index (χ0) is 13.0. The Morgan fingerprint density at radius 1 is 1.50 bits per heavy atom. The van der Waals surface area contributed by atoms with Crippen LogP contribution in [0.15, 0.2) is 18.3 Å². The van der Waals surface area contributed by atoms with Gasteiger partial charge in [-0.25, -0.2) is 0 Å². The van der Waals surface area contributed by atoms with Gasteiger partial charge < -0.3 is 11.1 Å². The Balaban J connectivity index is 2.02. The van der Waals surface area contributed by atoms with E-state index in [1.165, 1.54) is 19.3 Å². The molecule has 2 rings (SSSR count). The van der Waals surface area contributed by atoms with Crippen LogP contribution in [0.3, 0.4) is 0 Å². The Labute approximate surface area is 112 Å². The minimum atomic E-state index is -0.117. The molecule has 5 heteroatoms. The topological polar surface area (TPSA) is 68.0 Å². The number of nitrogen functional groups attached to an aromatic ring is 1. The summed E-state index contributed by atoms with van der Waals surface area (Å²) in [6.45, 7) is 0. The van der Waals surface area contributed by atoms with Crippen LogP contribution < -0.4 is 11.1 Å². The van der Waals surface area contributed by atoms with Crippen molar-refractivity contribution >= 4 is 23.4 Å². The quantitative estimate of drug-likeness (QED) is 0.878. The van der Waals surface area contributed by atoms with Gasteiger partial charge in [0, 0.05) is 23.2 Å². The first kappa shape index (κ1) is 13.2. The molecule has 0 aromatic carbocycles. The molecule has 1 aromatic rings. The van der Waals surface area contributed by atoms with Crippen LogP contribution in [0, 0.1) is 0 Å². The average molecular weight is 265 g/mol. The van der Waals surface area contributed by atoms with E-state index in [1.807, 2.05) is 11.8 Å².